The fraction of sp³-hybridized carbons (Fsp3) is 0.353. The lowest BCUT2D eigenvalue weighted by molar-refractivity contribution is -0.148. The molecule has 0 fully saturated rings. The Balaban J connectivity index is 2.21. The van der Waals surface area contributed by atoms with E-state index in [2.05, 4.69) is 5.32 Å². The minimum absolute atomic E-state index is 0.0592. The van der Waals surface area contributed by atoms with Crippen molar-refractivity contribution in [1.29, 1.82) is 0 Å². The molecule has 1 atom stereocenters. The van der Waals surface area contributed by atoms with E-state index in [-0.39, 0.29) is 12.5 Å². The number of hydrogen-bond donors (Lipinski definition) is 1. The number of aryl methyl sites for hydroxylation is 1. The summed E-state index contributed by atoms with van der Waals surface area (Å²) in [6, 6.07) is 6.16. The van der Waals surface area contributed by atoms with Crippen LogP contribution in [0.2, 0.25) is 0 Å². The highest BCUT2D eigenvalue weighted by atomic mass is 16.5. The van der Waals surface area contributed by atoms with Gasteiger partial charge in [0.2, 0.25) is 5.91 Å². The minimum atomic E-state index is -0.745. The van der Waals surface area contributed by atoms with Gasteiger partial charge in [0.1, 0.15) is 18.2 Å². The molecule has 0 aliphatic heterocycles. The standard InChI is InChI=1S/C17H19NO5/c1-4-12-5-6-14-13(8-16(20)23-15(14)7-12)9-22-17(21)10(2)18-11(3)19/h5-8,10H,4,9H2,1-3H3,(H,18,19)/t10-/m1/s1. The van der Waals surface area contributed by atoms with Crippen molar-refractivity contribution in [2.45, 2.75) is 39.8 Å². The Hall–Kier alpha value is -2.63. The summed E-state index contributed by atoms with van der Waals surface area (Å²) in [5.41, 5.74) is 1.60. The molecule has 0 aliphatic rings. The normalized spacial score (nSPS) is 12.0. The molecule has 0 bridgehead atoms. The Kier molecular flexibility index (Phi) is 5.16. The maximum atomic E-state index is 11.8. The molecule has 1 amide bonds. The Morgan fingerprint density at radius 1 is 1.30 bits per heavy atom. The molecule has 0 unspecified atom stereocenters. The first-order valence-corrected chi connectivity index (χ1v) is 7.40. The molecule has 6 heteroatoms. The largest absolute Gasteiger partial charge is 0.459 e. The van der Waals surface area contributed by atoms with E-state index >= 15 is 0 Å². The molecule has 6 nitrogen and oxygen atoms in total. The van der Waals surface area contributed by atoms with Crippen molar-refractivity contribution in [2.24, 2.45) is 0 Å². The molecule has 1 aromatic carbocycles. The quantitative estimate of drug-likeness (QED) is 0.672. The summed E-state index contributed by atoms with van der Waals surface area (Å²) in [6.07, 6.45) is 0.826. The average molecular weight is 317 g/mol. The van der Waals surface area contributed by atoms with E-state index in [4.69, 9.17) is 9.15 Å². The first-order valence-electron chi connectivity index (χ1n) is 7.40. The van der Waals surface area contributed by atoms with Gasteiger partial charge in [0, 0.05) is 23.9 Å². The van der Waals surface area contributed by atoms with E-state index in [1.807, 2.05) is 25.1 Å². The van der Waals surface area contributed by atoms with Gasteiger partial charge < -0.3 is 14.5 Å². The van der Waals surface area contributed by atoms with E-state index in [1.165, 1.54) is 19.9 Å². The van der Waals surface area contributed by atoms with E-state index < -0.39 is 17.6 Å². The van der Waals surface area contributed by atoms with Crippen molar-refractivity contribution >= 4 is 22.8 Å². The molecule has 0 radical (unpaired) electrons. The molecule has 0 saturated heterocycles. The van der Waals surface area contributed by atoms with Gasteiger partial charge in [0.05, 0.1) is 0 Å². The van der Waals surface area contributed by atoms with E-state index in [9.17, 15) is 14.4 Å². The van der Waals surface area contributed by atoms with Crippen molar-refractivity contribution < 1.29 is 18.7 Å². The lowest BCUT2D eigenvalue weighted by atomic mass is 10.1. The smallest absolute Gasteiger partial charge is 0.336 e. The van der Waals surface area contributed by atoms with Crippen LogP contribution in [0.3, 0.4) is 0 Å². The third-order valence-electron chi connectivity index (χ3n) is 3.45. The van der Waals surface area contributed by atoms with Crippen LogP contribution in [0.4, 0.5) is 0 Å². The molecule has 1 N–H and O–H groups in total. The molecule has 0 aliphatic carbocycles. The van der Waals surface area contributed by atoms with E-state index in [0.29, 0.717) is 11.1 Å². The van der Waals surface area contributed by atoms with Gasteiger partial charge in [0.15, 0.2) is 0 Å². The molecule has 1 aromatic heterocycles. The van der Waals surface area contributed by atoms with Gasteiger partial charge in [0.25, 0.3) is 0 Å². The van der Waals surface area contributed by atoms with Gasteiger partial charge in [-0.15, -0.1) is 0 Å². The highest BCUT2D eigenvalue weighted by Gasteiger charge is 2.16. The summed E-state index contributed by atoms with van der Waals surface area (Å²) in [6.45, 7) is 4.81. The van der Waals surface area contributed by atoms with Crippen LogP contribution in [0, 0.1) is 0 Å². The molecular weight excluding hydrogens is 298 g/mol. The Labute approximate surface area is 133 Å². The van der Waals surface area contributed by atoms with Gasteiger partial charge in [-0.2, -0.15) is 0 Å². The van der Waals surface area contributed by atoms with Crippen LogP contribution in [0.15, 0.2) is 33.5 Å². The first-order chi connectivity index (χ1) is 10.9. The van der Waals surface area contributed by atoms with Crippen LogP contribution < -0.4 is 10.9 Å². The van der Waals surface area contributed by atoms with Crippen molar-refractivity contribution in [3.8, 4) is 0 Å². The van der Waals surface area contributed by atoms with E-state index in [1.54, 1.807) is 0 Å². The lowest BCUT2D eigenvalue weighted by Crippen LogP contribution is -2.38. The molecule has 1 heterocycles. The number of esters is 1. The van der Waals surface area contributed by atoms with Gasteiger partial charge in [-0.1, -0.05) is 19.1 Å². The third kappa shape index (κ3) is 4.18. The molecular formula is C17H19NO5. The van der Waals surface area contributed by atoms with Crippen LogP contribution in [0.25, 0.3) is 11.0 Å². The fourth-order valence-corrected chi connectivity index (χ4v) is 2.25. The average Bonchev–Trinajstić information content (AvgIpc) is 2.50. The van der Waals surface area contributed by atoms with Crippen LogP contribution in [0.1, 0.15) is 31.9 Å². The van der Waals surface area contributed by atoms with Gasteiger partial charge in [-0.25, -0.2) is 9.59 Å². The van der Waals surface area contributed by atoms with Crippen molar-refractivity contribution in [3.63, 3.8) is 0 Å². The number of carbonyl (C=O) groups is 2. The Morgan fingerprint density at radius 3 is 2.70 bits per heavy atom. The van der Waals surface area contributed by atoms with Crippen LogP contribution >= 0.6 is 0 Å². The number of hydrogen-bond acceptors (Lipinski definition) is 5. The lowest BCUT2D eigenvalue weighted by Gasteiger charge is -2.12. The minimum Gasteiger partial charge on any atom is -0.459 e. The predicted molar refractivity (Wildman–Crippen MR) is 84.9 cm³/mol. The van der Waals surface area contributed by atoms with Crippen molar-refractivity contribution in [3.05, 3.63) is 45.8 Å². The number of nitrogens with one attached hydrogen (secondary N) is 1. The molecule has 0 spiro atoms. The zero-order valence-corrected chi connectivity index (χ0v) is 13.3. The fourth-order valence-electron chi connectivity index (χ4n) is 2.25. The molecule has 23 heavy (non-hydrogen) atoms. The van der Waals surface area contributed by atoms with Crippen LogP contribution in [-0.2, 0) is 27.4 Å². The summed E-state index contributed by atoms with van der Waals surface area (Å²) in [4.78, 5) is 34.4. The SMILES string of the molecule is CCc1ccc2c(COC(=O)[C@@H](C)NC(C)=O)cc(=O)oc2c1. The summed E-state index contributed by atoms with van der Waals surface area (Å²) >= 11 is 0. The predicted octanol–water partition coefficient (Wildman–Crippen LogP) is 1.92. The van der Waals surface area contributed by atoms with Gasteiger partial charge in [-0.3, -0.25) is 4.79 Å². The number of rotatable bonds is 5. The van der Waals surface area contributed by atoms with Crippen molar-refractivity contribution in [1.82, 2.24) is 5.32 Å². The molecule has 122 valence electrons. The van der Waals surface area contributed by atoms with Crippen LogP contribution in [0.5, 0.6) is 0 Å². The second-order valence-corrected chi connectivity index (χ2v) is 5.30. The Morgan fingerprint density at radius 2 is 2.04 bits per heavy atom. The number of benzene rings is 1. The highest BCUT2D eigenvalue weighted by molar-refractivity contribution is 5.83. The van der Waals surface area contributed by atoms with Gasteiger partial charge in [-0.05, 0) is 25.0 Å². The molecule has 2 rings (SSSR count). The zero-order chi connectivity index (χ0) is 17.0. The summed E-state index contributed by atoms with van der Waals surface area (Å²) in [5, 5.41) is 3.17. The topological polar surface area (TPSA) is 85.6 Å². The van der Waals surface area contributed by atoms with Crippen molar-refractivity contribution in [2.75, 3.05) is 0 Å². The molecule has 0 saturated carbocycles. The highest BCUT2D eigenvalue weighted by Crippen LogP contribution is 2.20. The summed E-state index contributed by atoms with van der Waals surface area (Å²) in [5.74, 6) is -0.876. The zero-order valence-electron chi connectivity index (χ0n) is 13.3. The second kappa shape index (κ2) is 7.09. The number of ether oxygens (including phenoxy) is 1. The first kappa shape index (κ1) is 16.7. The maximum absolute atomic E-state index is 11.8. The molecule has 2 aromatic rings. The Bertz CT molecular complexity index is 793. The monoisotopic (exact) mass is 317 g/mol. The number of carbonyl (C=O) groups excluding carboxylic acids is 2. The number of fused-ring (bicyclic) bond motifs is 1. The third-order valence-corrected chi connectivity index (χ3v) is 3.45. The summed E-state index contributed by atoms with van der Waals surface area (Å²) < 4.78 is 10.4. The van der Waals surface area contributed by atoms with E-state index in [0.717, 1.165) is 17.4 Å². The second-order valence-electron chi connectivity index (χ2n) is 5.30. The number of amides is 1. The maximum Gasteiger partial charge on any atom is 0.336 e. The van der Waals surface area contributed by atoms with Crippen LogP contribution in [-0.4, -0.2) is 17.9 Å². The van der Waals surface area contributed by atoms with Gasteiger partial charge >= 0.3 is 11.6 Å². The summed E-state index contributed by atoms with van der Waals surface area (Å²) in [7, 11) is 0.